The molecule has 2 aromatic rings. The van der Waals surface area contributed by atoms with E-state index in [-0.39, 0.29) is 5.56 Å². The third-order valence-corrected chi connectivity index (χ3v) is 3.54. The van der Waals surface area contributed by atoms with Crippen LogP contribution in [0.4, 0.5) is 0 Å². The van der Waals surface area contributed by atoms with Crippen LogP contribution in [0, 0.1) is 0 Å². The van der Waals surface area contributed by atoms with Gasteiger partial charge in [-0.2, -0.15) is 0 Å². The summed E-state index contributed by atoms with van der Waals surface area (Å²) in [5, 5.41) is 9.57. The van der Waals surface area contributed by atoms with Gasteiger partial charge in [-0.3, -0.25) is 0 Å². The average Bonchev–Trinajstić information content (AvgIpc) is 3.24. The van der Waals surface area contributed by atoms with Crippen LogP contribution >= 0.6 is 11.6 Å². The molecule has 0 saturated heterocycles. The third kappa shape index (κ3) is 2.78. The van der Waals surface area contributed by atoms with E-state index >= 15 is 0 Å². The molecule has 0 aliphatic heterocycles. The van der Waals surface area contributed by atoms with Gasteiger partial charge in [-0.15, -0.1) is 0 Å². The Morgan fingerprint density at radius 2 is 1.85 bits per heavy atom. The zero-order chi connectivity index (χ0) is 14.1. The molecule has 0 amide bonds. The molecule has 0 unspecified atom stereocenters. The van der Waals surface area contributed by atoms with Gasteiger partial charge in [0.25, 0.3) is 0 Å². The normalized spacial score (nSPS) is 14.1. The van der Waals surface area contributed by atoms with Crippen LogP contribution in [0.25, 0.3) is 11.1 Å². The van der Waals surface area contributed by atoms with Crippen molar-refractivity contribution in [2.45, 2.75) is 18.9 Å². The highest BCUT2D eigenvalue weighted by atomic mass is 35.5. The van der Waals surface area contributed by atoms with Crippen LogP contribution in [-0.4, -0.2) is 17.2 Å². The van der Waals surface area contributed by atoms with Gasteiger partial charge in [0.15, 0.2) is 0 Å². The van der Waals surface area contributed by atoms with Gasteiger partial charge in [0.2, 0.25) is 0 Å². The van der Waals surface area contributed by atoms with Gasteiger partial charge in [-0.1, -0.05) is 23.7 Å². The molecule has 0 heterocycles. The van der Waals surface area contributed by atoms with Crippen molar-refractivity contribution < 1.29 is 14.6 Å². The summed E-state index contributed by atoms with van der Waals surface area (Å²) in [6.45, 7) is 0. The Kier molecular flexibility index (Phi) is 3.36. The van der Waals surface area contributed by atoms with Crippen LogP contribution in [0.15, 0.2) is 42.5 Å². The number of halogens is 1. The van der Waals surface area contributed by atoms with E-state index in [2.05, 4.69) is 0 Å². The number of carboxylic acids is 1. The number of ether oxygens (including phenoxy) is 1. The second-order valence-electron chi connectivity index (χ2n) is 4.84. The SMILES string of the molecule is O=C(O)c1ccc(Cl)c(-c2ccc(OC3CC3)cc2)c1. The standard InChI is InChI=1S/C16H13ClO3/c17-15-8-3-11(16(18)19)9-14(15)10-1-4-12(5-2-10)20-13-6-7-13/h1-5,8-9,13H,6-7H2,(H,18,19). The van der Waals surface area contributed by atoms with Gasteiger partial charge in [0.1, 0.15) is 5.75 Å². The van der Waals surface area contributed by atoms with Crippen LogP contribution < -0.4 is 4.74 Å². The Hall–Kier alpha value is -2.00. The van der Waals surface area contributed by atoms with E-state index in [0.717, 1.165) is 24.2 Å². The molecule has 1 fully saturated rings. The zero-order valence-corrected chi connectivity index (χ0v) is 11.4. The summed E-state index contributed by atoms with van der Waals surface area (Å²) in [5.41, 5.74) is 1.81. The van der Waals surface area contributed by atoms with E-state index in [1.807, 2.05) is 24.3 Å². The number of rotatable bonds is 4. The fourth-order valence-corrected chi connectivity index (χ4v) is 2.20. The quantitative estimate of drug-likeness (QED) is 0.915. The summed E-state index contributed by atoms with van der Waals surface area (Å²) in [5.74, 6) is -0.127. The fraction of sp³-hybridized carbons (Fsp3) is 0.188. The van der Waals surface area contributed by atoms with Gasteiger partial charge in [-0.25, -0.2) is 4.79 Å². The number of benzene rings is 2. The van der Waals surface area contributed by atoms with Crippen molar-refractivity contribution in [3.63, 3.8) is 0 Å². The van der Waals surface area contributed by atoms with Crippen LogP contribution in [0.5, 0.6) is 5.75 Å². The molecule has 20 heavy (non-hydrogen) atoms. The summed E-state index contributed by atoms with van der Waals surface area (Å²) in [6.07, 6.45) is 2.60. The highest BCUT2D eigenvalue weighted by Gasteiger charge is 2.23. The molecule has 0 aromatic heterocycles. The van der Waals surface area contributed by atoms with Crippen molar-refractivity contribution in [2.75, 3.05) is 0 Å². The van der Waals surface area contributed by atoms with E-state index in [0.29, 0.717) is 16.7 Å². The number of carbonyl (C=O) groups is 1. The van der Waals surface area contributed by atoms with Crippen molar-refractivity contribution >= 4 is 17.6 Å². The number of carboxylic acid groups (broad SMARTS) is 1. The Bertz CT molecular complexity index is 645. The highest BCUT2D eigenvalue weighted by Crippen LogP contribution is 2.32. The Morgan fingerprint density at radius 3 is 2.45 bits per heavy atom. The molecule has 2 aromatic carbocycles. The Balaban J connectivity index is 1.90. The number of aromatic carboxylic acids is 1. The molecule has 0 bridgehead atoms. The number of hydrogen-bond acceptors (Lipinski definition) is 2. The molecule has 4 heteroatoms. The van der Waals surface area contributed by atoms with Gasteiger partial charge >= 0.3 is 5.97 Å². The molecule has 0 atom stereocenters. The lowest BCUT2D eigenvalue weighted by Crippen LogP contribution is -1.97. The maximum absolute atomic E-state index is 11.0. The van der Waals surface area contributed by atoms with Crippen molar-refractivity contribution in [3.8, 4) is 16.9 Å². The molecule has 1 saturated carbocycles. The maximum Gasteiger partial charge on any atom is 0.335 e. The van der Waals surface area contributed by atoms with E-state index in [9.17, 15) is 4.79 Å². The van der Waals surface area contributed by atoms with E-state index in [1.165, 1.54) is 6.07 Å². The molecule has 1 aliphatic carbocycles. The van der Waals surface area contributed by atoms with Crippen LogP contribution in [0.3, 0.4) is 0 Å². The Labute approximate surface area is 121 Å². The lowest BCUT2D eigenvalue weighted by molar-refractivity contribution is 0.0697. The van der Waals surface area contributed by atoms with Gasteiger partial charge in [0, 0.05) is 10.6 Å². The second-order valence-corrected chi connectivity index (χ2v) is 5.25. The average molecular weight is 289 g/mol. The van der Waals surface area contributed by atoms with Gasteiger partial charge < -0.3 is 9.84 Å². The monoisotopic (exact) mass is 288 g/mol. The first-order valence-electron chi connectivity index (χ1n) is 6.43. The zero-order valence-electron chi connectivity index (χ0n) is 10.7. The van der Waals surface area contributed by atoms with E-state index < -0.39 is 5.97 Å². The van der Waals surface area contributed by atoms with Gasteiger partial charge in [0.05, 0.1) is 11.7 Å². The summed E-state index contributed by atoms with van der Waals surface area (Å²) in [7, 11) is 0. The first-order valence-corrected chi connectivity index (χ1v) is 6.81. The highest BCUT2D eigenvalue weighted by molar-refractivity contribution is 6.33. The lowest BCUT2D eigenvalue weighted by atomic mass is 10.0. The van der Waals surface area contributed by atoms with Crippen LogP contribution in [-0.2, 0) is 0 Å². The van der Waals surface area contributed by atoms with E-state index in [1.54, 1.807) is 12.1 Å². The smallest absolute Gasteiger partial charge is 0.335 e. The summed E-state index contributed by atoms with van der Waals surface area (Å²) in [4.78, 5) is 11.0. The summed E-state index contributed by atoms with van der Waals surface area (Å²) in [6, 6.07) is 12.2. The Morgan fingerprint density at radius 1 is 1.15 bits per heavy atom. The first kappa shape index (κ1) is 13.0. The molecule has 0 spiro atoms. The van der Waals surface area contributed by atoms with Crippen molar-refractivity contribution in [2.24, 2.45) is 0 Å². The predicted molar refractivity (Wildman–Crippen MR) is 77.5 cm³/mol. The molecular weight excluding hydrogens is 276 g/mol. The topological polar surface area (TPSA) is 46.5 Å². The number of hydrogen-bond donors (Lipinski definition) is 1. The molecule has 3 rings (SSSR count). The molecule has 1 aliphatic rings. The summed E-state index contributed by atoms with van der Waals surface area (Å²) < 4.78 is 5.68. The largest absolute Gasteiger partial charge is 0.490 e. The van der Waals surface area contributed by atoms with Crippen molar-refractivity contribution in [3.05, 3.63) is 53.1 Å². The molecule has 3 nitrogen and oxygen atoms in total. The molecular formula is C16H13ClO3. The van der Waals surface area contributed by atoms with Crippen molar-refractivity contribution in [1.29, 1.82) is 0 Å². The minimum absolute atomic E-state index is 0.225. The summed E-state index contributed by atoms with van der Waals surface area (Å²) >= 11 is 6.15. The molecule has 0 radical (unpaired) electrons. The molecule has 1 N–H and O–H groups in total. The third-order valence-electron chi connectivity index (χ3n) is 3.21. The second kappa shape index (κ2) is 5.17. The van der Waals surface area contributed by atoms with Crippen molar-refractivity contribution in [1.82, 2.24) is 0 Å². The minimum Gasteiger partial charge on any atom is -0.490 e. The van der Waals surface area contributed by atoms with Crippen LogP contribution in [0.1, 0.15) is 23.2 Å². The van der Waals surface area contributed by atoms with Gasteiger partial charge in [-0.05, 0) is 48.7 Å². The van der Waals surface area contributed by atoms with E-state index in [4.69, 9.17) is 21.4 Å². The minimum atomic E-state index is -0.961. The predicted octanol–water partition coefficient (Wildman–Crippen LogP) is 4.25. The maximum atomic E-state index is 11.0. The lowest BCUT2D eigenvalue weighted by Gasteiger charge is -2.08. The first-order chi connectivity index (χ1) is 9.63. The van der Waals surface area contributed by atoms with Crippen LogP contribution in [0.2, 0.25) is 5.02 Å². The molecule has 102 valence electrons. The fourth-order valence-electron chi connectivity index (χ4n) is 1.97.